The van der Waals surface area contributed by atoms with Gasteiger partial charge in [0.05, 0.1) is 19.3 Å². The Morgan fingerprint density at radius 3 is 3.22 bits per heavy atom. The van der Waals surface area contributed by atoms with Gasteiger partial charge in [-0.05, 0) is 6.07 Å². The molecule has 1 saturated heterocycles. The van der Waals surface area contributed by atoms with Crippen LogP contribution in [0.25, 0.3) is 5.52 Å². The van der Waals surface area contributed by atoms with E-state index in [0.29, 0.717) is 19.7 Å². The van der Waals surface area contributed by atoms with Gasteiger partial charge in [-0.2, -0.15) is 5.10 Å². The van der Waals surface area contributed by atoms with E-state index < -0.39 is 12.1 Å². The molecule has 2 aromatic rings. The number of anilines is 1. The van der Waals surface area contributed by atoms with E-state index in [4.69, 9.17) is 9.84 Å². The lowest BCUT2D eigenvalue weighted by atomic mass is 10.2. The fourth-order valence-corrected chi connectivity index (χ4v) is 2.08. The standard InChI is InChI=1S/C11H12N4O3/c16-11(17)9-7-14(5-6-18-9)10-8-1-2-13-15(8)4-3-12-10/h1-4,9H,5-7H2,(H,16,17). The summed E-state index contributed by atoms with van der Waals surface area (Å²) in [6.07, 6.45) is 4.30. The van der Waals surface area contributed by atoms with E-state index in [1.807, 2.05) is 11.0 Å². The molecular weight excluding hydrogens is 236 g/mol. The molecule has 1 N–H and O–H groups in total. The lowest BCUT2D eigenvalue weighted by Gasteiger charge is -2.31. The van der Waals surface area contributed by atoms with Crippen LogP contribution in [-0.4, -0.2) is 51.5 Å². The second-order valence-corrected chi connectivity index (χ2v) is 4.06. The summed E-state index contributed by atoms with van der Waals surface area (Å²) in [4.78, 5) is 17.2. The molecule has 7 heteroatoms. The topological polar surface area (TPSA) is 80.0 Å². The molecule has 1 fully saturated rings. The summed E-state index contributed by atoms with van der Waals surface area (Å²) in [6, 6.07) is 1.85. The zero-order chi connectivity index (χ0) is 12.5. The molecule has 0 aliphatic carbocycles. The van der Waals surface area contributed by atoms with Crippen molar-refractivity contribution in [1.29, 1.82) is 0 Å². The van der Waals surface area contributed by atoms with Gasteiger partial charge in [-0.1, -0.05) is 0 Å². The van der Waals surface area contributed by atoms with Gasteiger partial charge >= 0.3 is 5.97 Å². The molecule has 2 aromatic heterocycles. The Kier molecular flexibility index (Phi) is 2.60. The van der Waals surface area contributed by atoms with E-state index in [0.717, 1.165) is 11.3 Å². The van der Waals surface area contributed by atoms with E-state index in [1.165, 1.54) is 0 Å². The summed E-state index contributed by atoms with van der Waals surface area (Å²) in [5.74, 6) is -0.204. The van der Waals surface area contributed by atoms with Crippen LogP contribution < -0.4 is 4.90 Å². The van der Waals surface area contributed by atoms with E-state index in [9.17, 15) is 4.79 Å². The van der Waals surface area contributed by atoms with Crippen LogP contribution in [0.3, 0.4) is 0 Å². The van der Waals surface area contributed by atoms with Crippen LogP contribution in [0.4, 0.5) is 5.82 Å². The summed E-state index contributed by atoms with van der Waals surface area (Å²) in [6.45, 7) is 1.31. The number of nitrogens with zero attached hydrogens (tertiary/aromatic N) is 4. The minimum atomic E-state index is -0.944. The van der Waals surface area contributed by atoms with Crippen molar-refractivity contribution in [1.82, 2.24) is 14.6 Å². The summed E-state index contributed by atoms with van der Waals surface area (Å²) < 4.78 is 6.91. The number of carboxylic acid groups (broad SMARTS) is 1. The highest BCUT2D eigenvalue weighted by Crippen LogP contribution is 2.20. The average molecular weight is 248 g/mol. The van der Waals surface area contributed by atoms with Crippen molar-refractivity contribution < 1.29 is 14.6 Å². The van der Waals surface area contributed by atoms with Gasteiger partial charge in [0, 0.05) is 18.9 Å². The Labute approximate surface area is 103 Å². The first-order valence-electron chi connectivity index (χ1n) is 5.63. The predicted octanol–water partition coefficient (Wildman–Crippen LogP) is 0.0191. The highest BCUT2D eigenvalue weighted by atomic mass is 16.5. The van der Waals surface area contributed by atoms with E-state index in [-0.39, 0.29) is 0 Å². The number of morpholine rings is 1. The molecule has 94 valence electrons. The Hall–Kier alpha value is -2.15. The monoisotopic (exact) mass is 248 g/mol. The fraction of sp³-hybridized carbons (Fsp3) is 0.364. The Bertz CT molecular complexity index is 582. The molecular formula is C11H12N4O3. The van der Waals surface area contributed by atoms with Crippen molar-refractivity contribution in [3.05, 3.63) is 24.7 Å². The maximum absolute atomic E-state index is 11.0. The SMILES string of the molecule is O=C(O)C1CN(c2nccn3nccc23)CCO1. The molecule has 3 heterocycles. The lowest BCUT2D eigenvalue weighted by Crippen LogP contribution is -2.46. The van der Waals surface area contributed by atoms with Crippen molar-refractivity contribution >= 4 is 17.3 Å². The first kappa shape index (κ1) is 11.0. The van der Waals surface area contributed by atoms with Gasteiger partial charge in [-0.3, -0.25) is 0 Å². The number of carbonyl (C=O) groups is 1. The summed E-state index contributed by atoms with van der Waals surface area (Å²) >= 11 is 0. The zero-order valence-electron chi connectivity index (χ0n) is 9.56. The van der Waals surface area contributed by atoms with Crippen LogP contribution in [-0.2, 0) is 9.53 Å². The van der Waals surface area contributed by atoms with Gasteiger partial charge in [0.1, 0.15) is 5.52 Å². The molecule has 0 saturated carbocycles. The van der Waals surface area contributed by atoms with Gasteiger partial charge in [0.25, 0.3) is 0 Å². The minimum Gasteiger partial charge on any atom is -0.479 e. The van der Waals surface area contributed by atoms with Crippen molar-refractivity contribution in [3.8, 4) is 0 Å². The first-order chi connectivity index (χ1) is 8.75. The molecule has 0 radical (unpaired) electrons. The Morgan fingerprint density at radius 2 is 2.39 bits per heavy atom. The molecule has 0 aromatic carbocycles. The van der Waals surface area contributed by atoms with Crippen LogP contribution in [0.5, 0.6) is 0 Å². The highest BCUT2D eigenvalue weighted by Gasteiger charge is 2.27. The first-order valence-corrected chi connectivity index (χ1v) is 5.63. The van der Waals surface area contributed by atoms with Crippen molar-refractivity contribution in [2.45, 2.75) is 6.10 Å². The fourth-order valence-electron chi connectivity index (χ4n) is 2.08. The molecule has 7 nitrogen and oxygen atoms in total. The van der Waals surface area contributed by atoms with Crippen LogP contribution in [0.2, 0.25) is 0 Å². The highest BCUT2D eigenvalue weighted by molar-refractivity contribution is 5.75. The van der Waals surface area contributed by atoms with Gasteiger partial charge in [-0.25, -0.2) is 14.3 Å². The molecule has 0 spiro atoms. The summed E-state index contributed by atoms with van der Waals surface area (Å²) in [5, 5.41) is 13.1. The molecule has 3 rings (SSSR count). The molecule has 0 amide bonds. The summed E-state index contributed by atoms with van der Waals surface area (Å²) in [7, 11) is 0. The van der Waals surface area contributed by atoms with Gasteiger partial charge in [0.2, 0.25) is 0 Å². The molecule has 1 atom stereocenters. The van der Waals surface area contributed by atoms with Crippen LogP contribution >= 0.6 is 0 Å². The predicted molar refractivity (Wildman–Crippen MR) is 62.6 cm³/mol. The van der Waals surface area contributed by atoms with Gasteiger partial charge in [0.15, 0.2) is 11.9 Å². The second kappa shape index (κ2) is 4.26. The van der Waals surface area contributed by atoms with Crippen molar-refractivity contribution in [2.75, 3.05) is 24.6 Å². The number of aliphatic carboxylic acids is 1. The molecule has 1 unspecified atom stereocenters. The molecule has 0 bridgehead atoms. The quantitative estimate of drug-likeness (QED) is 0.807. The maximum Gasteiger partial charge on any atom is 0.334 e. The third kappa shape index (κ3) is 1.78. The average Bonchev–Trinajstić information content (AvgIpc) is 2.87. The van der Waals surface area contributed by atoms with Crippen molar-refractivity contribution in [2.24, 2.45) is 0 Å². The van der Waals surface area contributed by atoms with Gasteiger partial charge < -0.3 is 14.7 Å². The molecule has 18 heavy (non-hydrogen) atoms. The molecule has 1 aliphatic rings. The number of rotatable bonds is 2. The molecule has 1 aliphatic heterocycles. The van der Waals surface area contributed by atoms with E-state index in [1.54, 1.807) is 23.1 Å². The minimum absolute atomic E-state index is 0.299. The number of ether oxygens (including phenoxy) is 1. The largest absolute Gasteiger partial charge is 0.479 e. The second-order valence-electron chi connectivity index (χ2n) is 4.06. The lowest BCUT2D eigenvalue weighted by molar-refractivity contribution is -0.150. The van der Waals surface area contributed by atoms with Crippen LogP contribution in [0.15, 0.2) is 24.7 Å². The number of hydrogen-bond acceptors (Lipinski definition) is 5. The number of hydrogen-bond donors (Lipinski definition) is 1. The smallest absolute Gasteiger partial charge is 0.334 e. The third-order valence-electron chi connectivity index (χ3n) is 2.95. The van der Waals surface area contributed by atoms with Crippen molar-refractivity contribution in [3.63, 3.8) is 0 Å². The number of aromatic nitrogens is 3. The Morgan fingerprint density at radius 1 is 1.50 bits per heavy atom. The maximum atomic E-state index is 11.0. The van der Waals surface area contributed by atoms with Crippen LogP contribution in [0, 0.1) is 0 Å². The third-order valence-corrected chi connectivity index (χ3v) is 2.95. The van der Waals surface area contributed by atoms with E-state index in [2.05, 4.69) is 10.1 Å². The number of fused-ring (bicyclic) bond motifs is 1. The normalized spacial score (nSPS) is 20.2. The zero-order valence-corrected chi connectivity index (χ0v) is 9.56. The summed E-state index contributed by atoms with van der Waals surface area (Å²) in [5.41, 5.74) is 0.864. The number of carboxylic acids is 1. The van der Waals surface area contributed by atoms with E-state index >= 15 is 0 Å². The van der Waals surface area contributed by atoms with Gasteiger partial charge in [-0.15, -0.1) is 0 Å². The Balaban J connectivity index is 1.94. The van der Waals surface area contributed by atoms with Crippen LogP contribution in [0.1, 0.15) is 0 Å².